The van der Waals surface area contributed by atoms with Crippen LogP contribution in [0.2, 0.25) is 0 Å². The van der Waals surface area contributed by atoms with Crippen LogP contribution in [0.3, 0.4) is 0 Å². The fourth-order valence-corrected chi connectivity index (χ4v) is 3.48. The van der Waals surface area contributed by atoms with E-state index >= 15 is 0 Å². The van der Waals surface area contributed by atoms with Crippen molar-refractivity contribution < 1.29 is 12.4 Å². The summed E-state index contributed by atoms with van der Waals surface area (Å²) in [5, 5.41) is 1.15. The molecule has 2 aromatic carbocycles. The van der Waals surface area contributed by atoms with Crippen molar-refractivity contribution in [3.63, 3.8) is 0 Å². The highest BCUT2D eigenvalue weighted by molar-refractivity contribution is 5.91. The topological polar surface area (TPSA) is 29.0 Å². The summed E-state index contributed by atoms with van der Waals surface area (Å²) < 4.78 is 0. The predicted molar refractivity (Wildman–Crippen MR) is 105 cm³/mol. The second-order valence-corrected chi connectivity index (χ2v) is 7.91. The number of hydrogen-bond acceptors (Lipinski definition) is 3. The van der Waals surface area contributed by atoms with E-state index < -0.39 is 0 Å². The summed E-state index contributed by atoms with van der Waals surface area (Å²) in [6.07, 6.45) is 2.49. The van der Waals surface area contributed by atoms with Crippen LogP contribution < -0.4 is 17.3 Å². The fourth-order valence-electron chi connectivity index (χ4n) is 3.48. The van der Waals surface area contributed by atoms with Crippen molar-refractivity contribution in [1.82, 2.24) is 9.97 Å². The smallest absolute Gasteiger partial charge is 0.162 e. The molecule has 1 aliphatic rings. The molecule has 0 unspecified atom stereocenters. The lowest BCUT2D eigenvalue weighted by Gasteiger charge is -2.20. The number of nitrogens with zero attached hydrogens (tertiary/aromatic N) is 3. The van der Waals surface area contributed by atoms with E-state index in [9.17, 15) is 0 Å². The number of para-hydroxylation sites is 1. The Hall–Kier alpha value is -2.13. The highest BCUT2D eigenvalue weighted by atomic mass is 35.5. The Kier molecular flexibility index (Phi) is 5.19. The number of rotatable bonds is 2. The van der Waals surface area contributed by atoms with Gasteiger partial charge in [-0.05, 0) is 36.0 Å². The summed E-state index contributed by atoms with van der Waals surface area (Å²) in [6.45, 7) is 8.88. The number of aromatic nitrogens is 2. The second kappa shape index (κ2) is 7.24. The average Bonchev–Trinajstić information content (AvgIpc) is 3.14. The van der Waals surface area contributed by atoms with Gasteiger partial charge in [0.1, 0.15) is 5.82 Å². The summed E-state index contributed by atoms with van der Waals surface area (Å²) in [6, 6.07) is 17.0. The standard InChI is InChI=1S/C22H25N3.ClH/c1-22(2,3)17-12-10-16(11-13-17)20-23-19-9-5-4-8-18(19)21(24-20)25-14-6-7-15-25;/h4-5,8-13H,6-7,14-15H2,1-3H3;1H/p-1. The van der Waals surface area contributed by atoms with Crippen LogP contribution in [0.25, 0.3) is 22.3 Å². The number of halogens is 1. The maximum atomic E-state index is 4.96. The third kappa shape index (κ3) is 3.54. The van der Waals surface area contributed by atoms with Crippen LogP contribution in [-0.4, -0.2) is 23.1 Å². The molecule has 3 aromatic rings. The zero-order valence-electron chi connectivity index (χ0n) is 15.7. The zero-order valence-corrected chi connectivity index (χ0v) is 16.4. The van der Waals surface area contributed by atoms with Crippen LogP contribution in [0, 0.1) is 0 Å². The van der Waals surface area contributed by atoms with Gasteiger partial charge in [0.15, 0.2) is 5.82 Å². The van der Waals surface area contributed by atoms with E-state index in [1.165, 1.54) is 18.4 Å². The van der Waals surface area contributed by atoms with Gasteiger partial charge in [0.2, 0.25) is 0 Å². The van der Waals surface area contributed by atoms with Gasteiger partial charge in [-0.3, -0.25) is 0 Å². The van der Waals surface area contributed by atoms with E-state index in [-0.39, 0.29) is 17.8 Å². The van der Waals surface area contributed by atoms with Crippen LogP contribution in [-0.2, 0) is 5.41 Å². The number of hydrogen-bond donors (Lipinski definition) is 0. The minimum Gasteiger partial charge on any atom is -1.00 e. The Labute approximate surface area is 161 Å². The molecule has 1 saturated heterocycles. The molecule has 0 bridgehead atoms. The SMILES string of the molecule is CC(C)(C)c1ccc(-c2nc(N3CCCC3)c3ccccc3n2)cc1.[Cl-]. The highest BCUT2D eigenvalue weighted by Gasteiger charge is 2.19. The van der Waals surface area contributed by atoms with Gasteiger partial charge in [0.25, 0.3) is 0 Å². The van der Waals surface area contributed by atoms with E-state index in [0.717, 1.165) is 41.2 Å². The minimum atomic E-state index is 0. The maximum Gasteiger partial charge on any atom is 0.162 e. The lowest BCUT2D eigenvalue weighted by atomic mass is 9.87. The van der Waals surface area contributed by atoms with E-state index in [0.29, 0.717) is 0 Å². The zero-order chi connectivity index (χ0) is 17.4. The molecule has 1 aliphatic heterocycles. The lowest BCUT2D eigenvalue weighted by molar-refractivity contribution is -0.00000556. The molecule has 2 heterocycles. The maximum absolute atomic E-state index is 4.96. The lowest BCUT2D eigenvalue weighted by Crippen LogP contribution is -3.00. The predicted octanol–water partition coefficient (Wildman–Crippen LogP) is 2.20. The van der Waals surface area contributed by atoms with E-state index in [2.05, 4.69) is 74.2 Å². The van der Waals surface area contributed by atoms with Crippen molar-refractivity contribution in [2.24, 2.45) is 0 Å². The Morgan fingerprint density at radius 1 is 0.846 bits per heavy atom. The molecular formula is C22H25ClN3-. The van der Waals surface area contributed by atoms with E-state index in [1.807, 2.05) is 0 Å². The highest BCUT2D eigenvalue weighted by Crippen LogP contribution is 2.30. The quantitative estimate of drug-likeness (QED) is 0.696. The molecular weight excluding hydrogens is 342 g/mol. The first kappa shape index (κ1) is 18.7. The summed E-state index contributed by atoms with van der Waals surface area (Å²) in [5.41, 5.74) is 3.59. The molecule has 4 heteroatoms. The van der Waals surface area contributed by atoms with Crippen LogP contribution in [0.5, 0.6) is 0 Å². The van der Waals surface area contributed by atoms with Gasteiger partial charge in [0.05, 0.1) is 5.52 Å². The van der Waals surface area contributed by atoms with Crippen molar-refractivity contribution in [1.29, 1.82) is 0 Å². The second-order valence-electron chi connectivity index (χ2n) is 7.91. The Balaban J connectivity index is 0.00000196. The van der Waals surface area contributed by atoms with Crippen molar-refractivity contribution in [3.8, 4) is 11.4 Å². The number of benzene rings is 2. The molecule has 1 fully saturated rings. The van der Waals surface area contributed by atoms with Crippen LogP contribution in [0.4, 0.5) is 5.82 Å². The largest absolute Gasteiger partial charge is 1.00 e. The van der Waals surface area contributed by atoms with Gasteiger partial charge in [-0.2, -0.15) is 0 Å². The summed E-state index contributed by atoms with van der Waals surface area (Å²) in [7, 11) is 0. The number of anilines is 1. The molecule has 4 rings (SSSR count). The number of fused-ring (bicyclic) bond motifs is 1. The molecule has 0 saturated carbocycles. The summed E-state index contributed by atoms with van der Waals surface area (Å²) in [5.74, 6) is 1.90. The van der Waals surface area contributed by atoms with Gasteiger partial charge in [0, 0.05) is 24.0 Å². The minimum absolute atomic E-state index is 0. The average molecular weight is 367 g/mol. The molecule has 0 aliphatic carbocycles. The molecule has 0 amide bonds. The molecule has 0 radical (unpaired) electrons. The van der Waals surface area contributed by atoms with Gasteiger partial charge in [-0.15, -0.1) is 0 Å². The first-order chi connectivity index (χ1) is 12.0. The van der Waals surface area contributed by atoms with Gasteiger partial charge in [-0.25, -0.2) is 9.97 Å². The van der Waals surface area contributed by atoms with Crippen LogP contribution >= 0.6 is 0 Å². The van der Waals surface area contributed by atoms with Crippen molar-refractivity contribution in [2.75, 3.05) is 18.0 Å². The molecule has 136 valence electrons. The van der Waals surface area contributed by atoms with E-state index in [1.54, 1.807) is 0 Å². The first-order valence-electron chi connectivity index (χ1n) is 9.15. The van der Waals surface area contributed by atoms with Gasteiger partial charge in [-0.1, -0.05) is 57.2 Å². The normalized spacial score (nSPS) is 14.5. The fraction of sp³-hybridized carbons (Fsp3) is 0.364. The first-order valence-corrected chi connectivity index (χ1v) is 9.15. The van der Waals surface area contributed by atoms with Crippen LogP contribution in [0.15, 0.2) is 48.5 Å². The summed E-state index contributed by atoms with van der Waals surface area (Å²) in [4.78, 5) is 12.2. The summed E-state index contributed by atoms with van der Waals surface area (Å²) >= 11 is 0. The Bertz CT molecular complexity index is 891. The monoisotopic (exact) mass is 366 g/mol. The Morgan fingerprint density at radius 2 is 1.50 bits per heavy atom. The third-order valence-corrected chi connectivity index (χ3v) is 5.00. The van der Waals surface area contributed by atoms with Crippen LogP contribution in [0.1, 0.15) is 39.2 Å². The van der Waals surface area contributed by atoms with Crippen molar-refractivity contribution >= 4 is 16.7 Å². The van der Waals surface area contributed by atoms with E-state index in [4.69, 9.17) is 9.97 Å². The molecule has 26 heavy (non-hydrogen) atoms. The molecule has 0 spiro atoms. The Morgan fingerprint density at radius 3 is 2.15 bits per heavy atom. The van der Waals surface area contributed by atoms with Crippen molar-refractivity contribution in [3.05, 3.63) is 54.1 Å². The molecule has 0 atom stereocenters. The molecule has 3 nitrogen and oxygen atoms in total. The third-order valence-electron chi connectivity index (χ3n) is 5.00. The molecule has 0 N–H and O–H groups in total. The van der Waals surface area contributed by atoms with Gasteiger partial charge >= 0.3 is 0 Å². The molecule has 1 aromatic heterocycles. The van der Waals surface area contributed by atoms with Gasteiger partial charge < -0.3 is 17.3 Å². The van der Waals surface area contributed by atoms with Crippen molar-refractivity contribution in [2.45, 2.75) is 39.0 Å².